The first-order chi connectivity index (χ1) is 9.66. The fourth-order valence-corrected chi connectivity index (χ4v) is 2.84. The molecule has 0 saturated heterocycles. The number of hydrogen-bond donors (Lipinski definition) is 4. The second-order valence-corrected chi connectivity index (χ2v) is 6.16. The molecular formula is C15H16Cl2N2O2. The standard InChI is InChI=1S/C15H16Cl2N2O2/c1-15(2,7-3-4-11(20)14(19)13(7)17)8-5-10(18)9(16)6-12(8)21/h3-6,20-21H,18-19H2,1-2H3. The zero-order chi connectivity index (χ0) is 15.9. The maximum Gasteiger partial charge on any atom is 0.140 e. The minimum absolute atomic E-state index is 0.0157. The minimum atomic E-state index is -0.679. The van der Waals surface area contributed by atoms with Crippen LogP contribution in [0.2, 0.25) is 10.0 Å². The summed E-state index contributed by atoms with van der Waals surface area (Å²) < 4.78 is 0. The molecule has 21 heavy (non-hydrogen) atoms. The highest BCUT2D eigenvalue weighted by Gasteiger charge is 2.30. The highest BCUT2D eigenvalue weighted by Crippen LogP contribution is 2.45. The molecule has 0 saturated carbocycles. The van der Waals surface area contributed by atoms with Gasteiger partial charge in [-0.25, -0.2) is 0 Å². The summed E-state index contributed by atoms with van der Waals surface area (Å²) in [5.41, 5.74) is 12.6. The molecule has 0 bridgehead atoms. The van der Waals surface area contributed by atoms with Crippen LogP contribution < -0.4 is 11.5 Å². The summed E-state index contributed by atoms with van der Waals surface area (Å²) in [5.74, 6) is -0.0682. The number of halogens is 2. The van der Waals surface area contributed by atoms with E-state index in [1.54, 1.807) is 12.1 Å². The van der Waals surface area contributed by atoms with Gasteiger partial charge in [0, 0.05) is 17.0 Å². The van der Waals surface area contributed by atoms with Gasteiger partial charge in [-0.1, -0.05) is 43.1 Å². The molecule has 0 amide bonds. The number of nitrogens with two attached hydrogens (primary N) is 2. The lowest BCUT2D eigenvalue weighted by molar-refractivity contribution is 0.453. The molecule has 2 aromatic carbocycles. The monoisotopic (exact) mass is 326 g/mol. The van der Waals surface area contributed by atoms with Gasteiger partial charge >= 0.3 is 0 Å². The Kier molecular flexibility index (Phi) is 3.87. The zero-order valence-corrected chi connectivity index (χ0v) is 13.1. The van der Waals surface area contributed by atoms with Gasteiger partial charge in [-0.15, -0.1) is 0 Å². The van der Waals surface area contributed by atoms with Crippen molar-refractivity contribution in [2.75, 3.05) is 11.5 Å². The maximum atomic E-state index is 10.2. The van der Waals surface area contributed by atoms with Crippen LogP contribution in [0.5, 0.6) is 11.5 Å². The van der Waals surface area contributed by atoms with Crippen LogP contribution in [0.1, 0.15) is 25.0 Å². The molecule has 0 spiro atoms. The lowest BCUT2D eigenvalue weighted by Crippen LogP contribution is -2.20. The molecule has 112 valence electrons. The van der Waals surface area contributed by atoms with Crippen LogP contribution in [0.15, 0.2) is 24.3 Å². The Bertz CT molecular complexity index is 711. The Hall–Kier alpha value is -1.78. The van der Waals surface area contributed by atoms with Crippen molar-refractivity contribution in [2.45, 2.75) is 19.3 Å². The van der Waals surface area contributed by atoms with E-state index in [-0.39, 0.29) is 27.2 Å². The van der Waals surface area contributed by atoms with Gasteiger partial charge in [0.1, 0.15) is 11.5 Å². The van der Waals surface area contributed by atoms with Crippen molar-refractivity contribution in [2.24, 2.45) is 0 Å². The van der Waals surface area contributed by atoms with E-state index in [2.05, 4.69) is 0 Å². The Morgan fingerprint density at radius 1 is 0.952 bits per heavy atom. The predicted molar refractivity (Wildman–Crippen MR) is 87.2 cm³/mol. The summed E-state index contributed by atoms with van der Waals surface area (Å²) in [5, 5.41) is 20.3. The van der Waals surface area contributed by atoms with Crippen LogP contribution in [0.3, 0.4) is 0 Å². The molecule has 0 fully saturated rings. The van der Waals surface area contributed by atoms with Crippen LogP contribution in [-0.4, -0.2) is 10.2 Å². The summed E-state index contributed by atoms with van der Waals surface area (Å²) in [6.45, 7) is 3.74. The Balaban J connectivity index is 2.68. The zero-order valence-electron chi connectivity index (χ0n) is 11.6. The minimum Gasteiger partial charge on any atom is -0.508 e. The fraction of sp³-hybridized carbons (Fsp3) is 0.200. The van der Waals surface area contributed by atoms with Gasteiger partial charge in [0.25, 0.3) is 0 Å². The van der Waals surface area contributed by atoms with Crippen LogP contribution in [0.25, 0.3) is 0 Å². The van der Waals surface area contributed by atoms with Crippen LogP contribution in [0, 0.1) is 0 Å². The van der Waals surface area contributed by atoms with Crippen molar-refractivity contribution in [3.63, 3.8) is 0 Å². The van der Waals surface area contributed by atoms with E-state index in [0.717, 1.165) is 0 Å². The lowest BCUT2D eigenvalue weighted by atomic mass is 9.77. The molecular weight excluding hydrogens is 311 g/mol. The topological polar surface area (TPSA) is 92.5 Å². The Labute approximate surface area is 132 Å². The van der Waals surface area contributed by atoms with Crippen molar-refractivity contribution in [1.29, 1.82) is 0 Å². The highest BCUT2D eigenvalue weighted by atomic mass is 35.5. The van der Waals surface area contributed by atoms with Gasteiger partial charge in [0.2, 0.25) is 0 Å². The summed E-state index contributed by atoms with van der Waals surface area (Å²) in [4.78, 5) is 0. The molecule has 0 aromatic heterocycles. The number of anilines is 2. The highest BCUT2D eigenvalue weighted by molar-refractivity contribution is 6.34. The SMILES string of the molecule is CC(C)(c1cc(N)c(Cl)cc1O)c1ccc(O)c(N)c1Cl. The number of phenols is 2. The third-order valence-electron chi connectivity index (χ3n) is 3.62. The van der Waals surface area contributed by atoms with E-state index >= 15 is 0 Å². The smallest absolute Gasteiger partial charge is 0.140 e. The number of benzene rings is 2. The molecule has 4 nitrogen and oxygen atoms in total. The molecule has 0 aliphatic carbocycles. The van der Waals surface area contributed by atoms with Gasteiger partial charge < -0.3 is 21.7 Å². The van der Waals surface area contributed by atoms with E-state index in [9.17, 15) is 10.2 Å². The molecule has 0 radical (unpaired) electrons. The number of aromatic hydroxyl groups is 2. The number of phenolic OH excluding ortho intramolecular Hbond substituents is 2. The normalized spacial score (nSPS) is 11.6. The summed E-state index contributed by atoms with van der Waals surface area (Å²) in [6, 6.07) is 6.13. The van der Waals surface area contributed by atoms with Crippen molar-refractivity contribution in [1.82, 2.24) is 0 Å². The Morgan fingerprint density at radius 3 is 2.19 bits per heavy atom. The van der Waals surface area contributed by atoms with Crippen molar-refractivity contribution >= 4 is 34.6 Å². The second kappa shape index (κ2) is 5.20. The average molecular weight is 327 g/mol. The third-order valence-corrected chi connectivity index (χ3v) is 4.35. The van der Waals surface area contributed by atoms with E-state index in [1.807, 2.05) is 13.8 Å². The van der Waals surface area contributed by atoms with Crippen molar-refractivity contribution in [3.8, 4) is 11.5 Å². The first kappa shape index (κ1) is 15.6. The van der Waals surface area contributed by atoms with Crippen molar-refractivity contribution in [3.05, 3.63) is 45.4 Å². The second-order valence-electron chi connectivity index (χ2n) is 5.38. The molecule has 0 heterocycles. The van der Waals surface area contributed by atoms with Crippen molar-refractivity contribution < 1.29 is 10.2 Å². The Morgan fingerprint density at radius 2 is 1.57 bits per heavy atom. The van der Waals surface area contributed by atoms with Gasteiger partial charge in [-0.3, -0.25) is 0 Å². The summed E-state index contributed by atoms with van der Waals surface area (Å²) in [7, 11) is 0. The van der Waals surface area contributed by atoms with Gasteiger partial charge in [0.05, 0.1) is 21.4 Å². The first-order valence-electron chi connectivity index (χ1n) is 6.22. The summed E-state index contributed by atoms with van der Waals surface area (Å²) >= 11 is 12.1. The molecule has 6 N–H and O–H groups in total. The quantitative estimate of drug-likeness (QED) is 0.382. The number of hydrogen-bond acceptors (Lipinski definition) is 4. The van der Waals surface area contributed by atoms with Gasteiger partial charge in [-0.05, 0) is 17.7 Å². The average Bonchev–Trinajstić information content (AvgIpc) is 2.39. The van der Waals surface area contributed by atoms with E-state index in [4.69, 9.17) is 34.7 Å². The fourth-order valence-electron chi connectivity index (χ4n) is 2.29. The van der Waals surface area contributed by atoms with Gasteiger partial charge in [0.15, 0.2) is 0 Å². The number of rotatable bonds is 2. The molecule has 0 atom stereocenters. The molecule has 2 rings (SSSR count). The first-order valence-corrected chi connectivity index (χ1v) is 6.97. The van der Waals surface area contributed by atoms with E-state index < -0.39 is 5.41 Å². The number of nitrogen functional groups attached to an aromatic ring is 2. The molecule has 6 heteroatoms. The molecule has 2 aromatic rings. The van der Waals surface area contributed by atoms with Gasteiger partial charge in [-0.2, -0.15) is 0 Å². The van der Waals surface area contributed by atoms with E-state index in [0.29, 0.717) is 16.8 Å². The third kappa shape index (κ3) is 2.57. The molecule has 0 unspecified atom stereocenters. The molecule has 0 aliphatic rings. The van der Waals surface area contributed by atoms with Crippen LogP contribution in [-0.2, 0) is 5.41 Å². The van der Waals surface area contributed by atoms with E-state index in [1.165, 1.54) is 12.1 Å². The molecule has 0 aliphatic heterocycles. The van der Waals surface area contributed by atoms with Crippen LogP contribution in [0.4, 0.5) is 11.4 Å². The summed E-state index contributed by atoms with van der Waals surface area (Å²) in [6.07, 6.45) is 0. The predicted octanol–water partition coefficient (Wildman–Crippen LogP) is 3.89. The largest absolute Gasteiger partial charge is 0.508 e. The maximum absolute atomic E-state index is 10.2. The van der Waals surface area contributed by atoms with Crippen LogP contribution >= 0.6 is 23.2 Å². The lowest BCUT2D eigenvalue weighted by Gasteiger charge is -2.29.